The van der Waals surface area contributed by atoms with Gasteiger partial charge in [-0.2, -0.15) is 0 Å². The number of ether oxygens (including phenoxy) is 5. The third-order valence-electron chi connectivity index (χ3n) is 7.38. The van der Waals surface area contributed by atoms with Gasteiger partial charge in [-0.3, -0.25) is 14.7 Å². The highest BCUT2D eigenvalue weighted by atomic mass is 19.1. The van der Waals surface area contributed by atoms with Gasteiger partial charge >= 0.3 is 0 Å². The van der Waals surface area contributed by atoms with Crippen molar-refractivity contribution in [3.05, 3.63) is 83.6 Å². The second-order valence-electron chi connectivity index (χ2n) is 10.5. The first-order chi connectivity index (χ1) is 21.0. The van der Waals surface area contributed by atoms with Crippen LogP contribution in [0.4, 0.5) is 8.78 Å². The van der Waals surface area contributed by atoms with Gasteiger partial charge in [-0.05, 0) is 41.8 Å². The number of nitrogens with zero attached hydrogens (tertiary/aromatic N) is 2. The zero-order valence-electron chi connectivity index (χ0n) is 23.7. The summed E-state index contributed by atoms with van der Waals surface area (Å²) in [5.74, 6) is 1.18. The molecule has 10 heteroatoms. The molecule has 2 aliphatic heterocycles. The first-order valence-corrected chi connectivity index (χ1v) is 14.4. The SMILES string of the molecule is O=C(Cc1ccc(Oc2ccnc3cc(OCCCN4CCOCC4)c4c(c23)OCCO4)cc1)Cc1ccc(F)cc1F. The fourth-order valence-electron chi connectivity index (χ4n) is 5.23. The molecule has 0 saturated carbocycles. The largest absolute Gasteiger partial charge is 0.489 e. The smallest absolute Gasteiger partial charge is 0.204 e. The molecule has 0 amide bonds. The number of morpholine rings is 1. The summed E-state index contributed by atoms with van der Waals surface area (Å²) < 4.78 is 56.9. The molecule has 43 heavy (non-hydrogen) atoms. The summed E-state index contributed by atoms with van der Waals surface area (Å²) in [4.78, 5) is 19.4. The lowest BCUT2D eigenvalue weighted by molar-refractivity contribution is -0.117. The normalized spacial score (nSPS) is 14.9. The minimum absolute atomic E-state index is 0.111. The van der Waals surface area contributed by atoms with Crippen molar-refractivity contribution in [1.29, 1.82) is 0 Å². The number of rotatable bonds is 11. The van der Waals surface area contributed by atoms with Gasteiger partial charge in [0.15, 0.2) is 11.5 Å². The zero-order valence-corrected chi connectivity index (χ0v) is 23.7. The molecule has 0 spiro atoms. The molecular formula is C33H32F2N2O6. The van der Waals surface area contributed by atoms with Gasteiger partial charge in [0.05, 0.1) is 30.7 Å². The maximum Gasteiger partial charge on any atom is 0.204 e. The molecular weight excluding hydrogens is 558 g/mol. The second kappa shape index (κ2) is 13.4. The molecule has 1 saturated heterocycles. The number of hydrogen-bond acceptors (Lipinski definition) is 8. The van der Waals surface area contributed by atoms with Gasteiger partial charge in [0.2, 0.25) is 5.75 Å². The third-order valence-corrected chi connectivity index (χ3v) is 7.38. The first kappa shape index (κ1) is 28.8. The number of fused-ring (bicyclic) bond motifs is 3. The number of hydrogen-bond donors (Lipinski definition) is 0. The summed E-state index contributed by atoms with van der Waals surface area (Å²) in [6.45, 7) is 5.68. The Kier molecular flexibility index (Phi) is 8.95. The molecule has 1 aromatic heterocycles. The molecule has 0 atom stereocenters. The van der Waals surface area contributed by atoms with E-state index in [4.69, 9.17) is 23.7 Å². The third kappa shape index (κ3) is 7.03. The molecule has 0 N–H and O–H groups in total. The average molecular weight is 591 g/mol. The lowest BCUT2D eigenvalue weighted by atomic mass is 10.0. The number of carbonyl (C=O) groups excluding carboxylic acids is 1. The Balaban J connectivity index is 1.14. The molecule has 0 radical (unpaired) electrons. The fraction of sp³-hybridized carbons (Fsp3) is 0.333. The van der Waals surface area contributed by atoms with Crippen LogP contribution in [0.15, 0.2) is 60.8 Å². The predicted molar refractivity (Wildman–Crippen MR) is 155 cm³/mol. The molecule has 4 aromatic rings. The molecule has 0 unspecified atom stereocenters. The molecule has 1 fully saturated rings. The van der Waals surface area contributed by atoms with Crippen LogP contribution in [0.3, 0.4) is 0 Å². The highest BCUT2D eigenvalue weighted by Gasteiger charge is 2.25. The van der Waals surface area contributed by atoms with E-state index in [0.717, 1.165) is 57.0 Å². The Morgan fingerprint density at radius 3 is 2.47 bits per heavy atom. The van der Waals surface area contributed by atoms with Crippen molar-refractivity contribution < 1.29 is 37.3 Å². The summed E-state index contributed by atoms with van der Waals surface area (Å²) in [7, 11) is 0. The summed E-state index contributed by atoms with van der Waals surface area (Å²) >= 11 is 0. The Hall–Kier alpha value is -4.28. The molecule has 0 bridgehead atoms. The van der Waals surface area contributed by atoms with Crippen LogP contribution in [0.25, 0.3) is 10.9 Å². The molecule has 3 heterocycles. The highest BCUT2D eigenvalue weighted by molar-refractivity contribution is 5.95. The maximum absolute atomic E-state index is 13.9. The van der Waals surface area contributed by atoms with Crippen LogP contribution in [0.2, 0.25) is 0 Å². The van der Waals surface area contributed by atoms with Gasteiger partial charge in [-0.1, -0.05) is 18.2 Å². The van der Waals surface area contributed by atoms with Crippen molar-refractivity contribution >= 4 is 16.7 Å². The van der Waals surface area contributed by atoms with Crippen molar-refractivity contribution in [3.8, 4) is 28.7 Å². The molecule has 8 nitrogen and oxygen atoms in total. The standard InChI is InChI=1S/C33H32F2N2O6/c34-24-5-4-23(27(35)20-24)19-25(38)18-22-2-6-26(7-3-22)43-29-8-9-36-28-21-30(32-33(31(28)29)42-17-16-41-32)40-13-1-10-37-11-14-39-15-12-37/h2-9,20-21H,1,10-19H2. The molecule has 2 aliphatic rings. The first-order valence-electron chi connectivity index (χ1n) is 14.4. The van der Waals surface area contributed by atoms with Crippen LogP contribution in [0, 0.1) is 11.6 Å². The molecule has 6 rings (SSSR count). The minimum Gasteiger partial charge on any atom is -0.489 e. The summed E-state index contributed by atoms with van der Waals surface area (Å²) in [6, 6.07) is 14.0. The minimum atomic E-state index is -0.722. The van der Waals surface area contributed by atoms with Gasteiger partial charge in [0, 0.05) is 50.8 Å². The maximum atomic E-state index is 13.9. The van der Waals surface area contributed by atoms with Gasteiger partial charge < -0.3 is 23.7 Å². The number of halogens is 2. The van der Waals surface area contributed by atoms with E-state index in [2.05, 4.69) is 9.88 Å². The Morgan fingerprint density at radius 2 is 1.67 bits per heavy atom. The number of pyridine rings is 1. The second-order valence-corrected chi connectivity index (χ2v) is 10.5. The Morgan fingerprint density at radius 1 is 0.884 bits per heavy atom. The van der Waals surface area contributed by atoms with Gasteiger partial charge in [0.25, 0.3) is 0 Å². The lowest BCUT2D eigenvalue weighted by Crippen LogP contribution is -2.37. The van der Waals surface area contributed by atoms with Gasteiger partial charge in [0.1, 0.15) is 42.1 Å². The van der Waals surface area contributed by atoms with E-state index in [1.807, 2.05) is 6.07 Å². The number of ketones is 1. The van der Waals surface area contributed by atoms with Gasteiger partial charge in [-0.25, -0.2) is 8.78 Å². The van der Waals surface area contributed by atoms with E-state index in [1.165, 1.54) is 6.07 Å². The van der Waals surface area contributed by atoms with Crippen LogP contribution >= 0.6 is 0 Å². The van der Waals surface area contributed by atoms with Crippen LogP contribution in [0.1, 0.15) is 17.5 Å². The quantitative estimate of drug-likeness (QED) is 0.211. The predicted octanol–water partition coefficient (Wildman–Crippen LogP) is 5.53. The monoisotopic (exact) mass is 590 g/mol. The summed E-state index contributed by atoms with van der Waals surface area (Å²) in [6.07, 6.45) is 2.54. The Labute approximate surface area is 248 Å². The van der Waals surface area contributed by atoms with Crippen molar-refractivity contribution in [1.82, 2.24) is 9.88 Å². The van der Waals surface area contributed by atoms with E-state index in [9.17, 15) is 13.6 Å². The number of benzene rings is 3. The van der Waals surface area contributed by atoms with Crippen molar-refractivity contribution in [2.24, 2.45) is 0 Å². The fourth-order valence-corrected chi connectivity index (χ4v) is 5.23. The summed E-state index contributed by atoms with van der Waals surface area (Å²) in [5, 5.41) is 0.679. The van der Waals surface area contributed by atoms with E-state index < -0.39 is 11.6 Å². The van der Waals surface area contributed by atoms with E-state index in [0.29, 0.717) is 59.5 Å². The summed E-state index contributed by atoms with van der Waals surface area (Å²) in [5.41, 5.74) is 1.58. The number of Topliss-reactive ketones (excluding diaryl/α,β-unsaturated/α-hetero) is 1. The number of carbonyl (C=O) groups is 1. The van der Waals surface area contributed by atoms with E-state index in [1.54, 1.807) is 36.5 Å². The van der Waals surface area contributed by atoms with Crippen LogP contribution in [-0.4, -0.2) is 68.3 Å². The topological polar surface area (TPSA) is 79.4 Å². The average Bonchev–Trinajstić information content (AvgIpc) is 3.02. The van der Waals surface area contributed by atoms with Crippen molar-refractivity contribution in [2.45, 2.75) is 19.3 Å². The highest BCUT2D eigenvalue weighted by Crippen LogP contribution is 2.48. The molecule has 3 aromatic carbocycles. The van der Waals surface area contributed by atoms with Crippen LogP contribution in [-0.2, 0) is 22.4 Å². The van der Waals surface area contributed by atoms with Crippen molar-refractivity contribution in [3.63, 3.8) is 0 Å². The van der Waals surface area contributed by atoms with Crippen molar-refractivity contribution in [2.75, 3.05) is 52.7 Å². The molecule has 0 aliphatic carbocycles. The van der Waals surface area contributed by atoms with E-state index in [-0.39, 0.29) is 24.2 Å². The lowest BCUT2D eigenvalue weighted by Gasteiger charge is -2.26. The number of aromatic nitrogens is 1. The Bertz CT molecular complexity index is 1590. The zero-order chi connectivity index (χ0) is 29.6. The van der Waals surface area contributed by atoms with Crippen LogP contribution < -0.4 is 18.9 Å². The van der Waals surface area contributed by atoms with Gasteiger partial charge in [-0.15, -0.1) is 0 Å². The molecule has 224 valence electrons. The van der Waals surface area contributed by atoms with Crippen LogP contribution in [0.5, 0.6) is 28.7 Å². The van der Waals surface area contributed by atoms with E-state index >= 15 is 0 Å².